The van der Waals surface area contributed by atoms with E-state index in [2.05, 4.69) is 5.32 Å². The molecule has 4 rings (SSSR count). The minimum Gasteiger partial charge on any atom is -0.444 e. The van der Waals surface area contributed by atoms with Gasteiger partial charge < -0.3 is 19.7 Å². The van der Waals surface area contributed by atoms with E-state index < -0.39 is 21.0 Å². The van der Waals surface area contributed by atoms with Crippen LogP contribution in [-0.4, -0.2) is 56.4 Å². The summed E-state index contributed by atoms with van der Waals surface area (Å²) >= 11 is 1.46. The molecule has 1 aromatic heterocycles. The molecular formula is C26H34N2O6S2. The molecule has 1 aromatic carbocycles. The minimum atomic E-state index is -3.26. The van der Waals surface area contributed by atoms with E-state index in [1.54, 1.807) is 29.2 Å². The molecule has 1 spiro atoms. The van der Waals surface area contributed by atoms with Crippen LogP contribution in [0.3, 0.4) is 0 Å². The molecular weight excluding hydrogens is 500 g/mol. The number of benzene rings is 1. The number of rotatable bonds is 4. The second-order valence-corrected chi connectivity index (χ2v) is 13.7. The summed E-state index contributed by atoms with van der Waals surface area (Å²) < 4.78 is 35.3. The lowest BCUT2D eigenvalue weighted by Gasteiger charge is -2.45. The third-order valence-corrected chi connectivity index (χ3v) is 8.90. The largest absolute Gasteiger partial charge is 0.444 e. The zero-order valence-electron chi connectivity index (χ0n) is 21.4. The van der Waals surface area contributed by atoms with Gasteiger partial charge in [0.1, 0.15) is 11.2 Å². The molecule has 1 saturated heterocycles. The molecule has 2 aliphatic rings. The fraction of sp³-hybridized carbons (Fsp3) is 0.538. The number of likely N-dealkylation sites (tertiary alicyclic amines) is 1. The Hall–Kier alpha value is -2.43. The maximum atomic E-state index is 13.0. The Labute approximate surface area is 216 Å². The number of carbonyl (C=O) groups is 2. The fourth-order valence-corrected chi connectivity index (χ4v) is 6.64. The SMILES string of the molecule is C[C@H]1Cc2cc(C(=O)NCc3ccc(S(C)(=O)=O)cc3)sc2C2(CCN(C(=O)OC(C)(C)C)CC2)O1. The Balaban J connectivity index is 1.44. The maximum Gasteiger partial charge on any atom is 0.410 e. The molecule has 2 amide bonds. The Morgan fingerprint density at radius 1 is 1.19 bits per heavy atom. The van der Waals surface area contributed by atoms with E-state index in [0.717, 1.165) is 22.4 Å². The third kappa shape index (κ3) is 5.92. The number of hydrogen-bond donors (Lipinski definition) is 1. The molecule has 1 fully saturated rings. The third-order valence-electron chi connectivity index (χ3n) is 6.41. The summed E-state index contributed by atoms with van der Waals surface area (Å²) in [4.78, 5) is 29.2. The van der Waals surface area contributed by atoms with Crippen molar-refractivity contribution in [1.29, 1.82) is 0 Å². The molecule has 1 atom stereocenters. The normalized spacial score (nSPS) is 19.6. The summed E-state index contributed by atoms with van der Waals surface area (Å²) in [5.41, 5.74) is 0.907. The standard InChI is InChI=1S/C26H34N2O6S2/c1-17-14-19-15-21(23(29)27-16-18-6-8-20(9-7-18)36(5,31)32)35-22(19)26(33-17)10-12-28(13-11-26)24(30)34-25(2,3)4/h6-9,15,17H,10-14,16H2,1-5H3,(H,27,29)/t17-/m0/s1. The van der Waals surface area contributed by atoms with Crippen LogP contribution in [0.15, 0.2) is 35.2 Å². The van der Waals surface area contributed by atoms with Gasteiger partial charge in [0.25, 0.3) is 5.91 Å². The van der Waals surface area contributed by atoms with Crippen LogP contribution in [0.2, 0.25) is 0 Å². The summed E-state index contributed by atoms with van der Waals surface area (Å²) in [6, 6.07) is 8.47. The van der Waals surface area contributed by atoms with E-state index in [1.165, 1.54) is 17.6 Å². The second-order valence-electron chi connectivity index (χ2n) is 10.7. The van der Waals surface area contributed by atoms with Crippen LogP contribution in [0, 0.1) is 0 Å². The number of nitrogens with one attached hydrogen (secondary N) is 1. The van der Waals surface area contributed by atoms with Crippen molar-refractivity contribution in [3.05, 3.63) is 51.2 Å². The van der Waals surface area contributed by atoms with Crippen molar-refractivity contribution < 1.29 is 27.5 Å². The van der Waals surface area contributed by atoms with Crippen molar-refractivity contribution in [2.24, 2.45) is 0 Å². The smallest absolute Gasteiger partial charge is 0.410 e. The Morgan fingerprint density at radius 3 is 2.42 bits per heavy atom. The van der Waals surface area contributed by atoms with Crippen LogP contribution in [0.1, 0.15) is 66.2 Å². The number of nitrogens with zero attached hydrogens (tertiary/aromatic N) is 1. The second kappa shape index (κ2) is 9.79. The first-order chi connectivity index (χ1) is 16.8. The lowest BCUT2D eigenvalue weighted by Crippen LogP contribution is -2.50. The van der Waals surface area contributed by atoms with Gasteiger partial charge in [0.05, 0.1) is 15.9 Å². The van der Waals surface area contributed by atoms with Crippen LogP contribution in [0.5, 0.6) is 0 Å². The van der Waals surface area contributed by atoms with E-state index in [1.807, 2.05) is 33.8 Å². The average Bonchev–Trinajstić information content (AvgIpc) is 3.21. The predicted molar refractivity (Wildman–Crippen MR) is 138 cm³/mol. The molecule has 0 bridgehead atoms. The van der Waals surface area contributed by atoms with Gasteiger partial charge >= 0.3 is 6.09 Å². The van der Waals surface area contributed by atoms with E-state index in [9.17, 15) is 18.0 Å². The van der Waals surface area contributed by atoms with Crippen molar-refractivity contribution in [2.45, 2.75) is 75.7 Å². The highest BCUT2D eigenvalue weighted by molar-refractivity contribution is 7.90. The fourth-order valence-electron chi connectivity index (χ4n) is 4.71. The number of ether oxygens (including phenoxy) is 2. The van der Waals surface area contributed by atoms with E-state index in [0.29, 0.717) is 37.4 Å². The molecule has 36 heavy (non-hydrogen) atoms. The van der Waals surface area contributed by atoms with Gasteiger partial charge in [0.15, 0.2) is 9.84 Å². The predicted octanol–water partition coefficient (Wildman–Crippen LogP) is 4.27. The molecule has 2 aromatic rings. The molecule has 0 unspecified atom stereocenters. The van der Waals surface area contributed by atoms with Gasteiger partial charge in [-0.3, -0.25) is 4.79 Å². The van der Waals surface area contributed by atoms with Crippen LogP contribution in [0.25, 0.3) is 0 Å². The number of carbonyl (C=O) groups excluding carboxylic acids is 2. The highest BCUT2D eigenvalue weighted by Gasteiger charge is 2.45. The first kappa shape index (κ1) is 26.6. The zero-order chi connectivity index (χ0) is 26.3. The van der Waals surface area contributed by atoms with Gasteiger partial charge in [-0.05, 0) is 76.3 Å². The first-order valence-electron chi connectivity index (χ1n) is 12.1. The molecule has 8 nitrogen and oxygen atoms in total. The summed E-state index contributed by atoms with van der Waals surface area (Å²) in [5.74, 6) is -0.171. The van der Waals surface area contributed by atoms with Gasteiger partial charge in [0.2, 0.25) is 0 Å². The van der Waals surface area contributed by atoms with Gasteiger partial charge in [0, 0.05) is 30.8 Å². The number of fused-ring (bicyclic) bond motifs is 2. The number of sulfone groups is 1. The lowest BCUT2D eigenvalue weighted by molar-refractivity contribution is -0.129. The Kier molecular flexibility index (Phi) is 7.24. The van der Waals surface area contributed by atoms with Crippen LogP contribution in [0.4, 0.5) is 4.79 Å². The molecule has 196 valence electrons. The number of thiophene rings is 1. The minimum absolute atomic E-state index is 0.0180. The van der Waals surface area contributed by atoms with E-state index in [4.69, 9.17) is 9.47 Å². The highest BCUT2D eigenvalue weighted by Crippen LogP contribution is 2.47. The molecule has 1 N–H and O–H groups in total. The molecule has 0 saturated carbocycles. The van der Waals surface area contributed by atoms with Crippen molar-refractivity contribution in [3.63, 3.8) is 0 Å². The van der Waals surface area contributed by atoms with Crippen molar-refractivity contribution in [1.82, 2.24) is 10.2 Å². The highest BCUT2D eigenvalue weighted by atomic mass is 32.2. The Bertz CT molecular complexity index is 1240. The summed E-state index contributed by atoms with van der Waals surface area (Å²) in [7, 11) is -3.26. The quantitative estimate of drug-likeness (QED) is 0.629. The van der Waals surface area contributed by atoms with Crippen molar-refractivity contribution in [2.75, 3.05) is 19.3 Å². The van der Waals surface area contributed by atoms with Gasteiger partial charge in [-0.1, -0.05) is 12.1 Å². The maximum absolute atomic E-state index is 13.0. The van der Waals surface area contributed by atoms with Crippen LogP contribution in [-0.2, 0) is 37.9 Å². The molecule has 3 heterocycles. The van der Waals surface area contributed by atoms with Crippen LogP contribution >= 0.6 is 11.3 Å². The number of hydrogen-bond acceptors (Lipinski definition) is 7. The summed E-state index contributed by atoms with van der Waals surface area (Å²) in [6.07, 6.45) is 2.92. The van der Waals surface area contributed by atoms with Gasteiger partial charge in [-0.2, -0.15) is 0 Å². The molecule has 10 heteroatoms. The number of amides is 2. The molecule has 0 aliphatic carbocycles. The van der Waals surface area contributed by atoms with E-state index in [-0.39, 0.29) is 23.0 Å². The number of piperidine rings is 1. The summed E-state index contributed by atoms with van der Waals surface area (Å²) in [5, 5.41) is 2.94. The summed E-state index contributed by atoms with van der Waals surface area (Å²) in [6.45, 7) is 8.98. The van der Waals surface area contributed by atoms with Gasteiger partial charge in [-0.25, -0.2) is 13.2 Å². The van der Waals surface area contributed by atoms with Crippen LogP contribution < -0.4 is 5.32 Å². The molecule has 2 aliphatic heterocycles. The van der Waals surface area contributed by atoms with Crippen molar-refractivity contribution in [3.8, 4) is 0 Å². The monoisotopic (exact) mass is 534 g/mol. The average molecular weight is 535 g/mol. The lowest BCUT2D eigenvalue weighted by atomic mass is 9.84. The zero-order valence-corrected chi connectivity index (χ0v) is 23.1. The van der Waals surface area contributed by atoms with E-state index >= 15 is 0 Å². The van der Waals surface area contributed by atoms with Crippen molar-refractivity contribution >= 4 is 33.2 Å². The molecule has 0 radical (unpaired) electrons. The first-order valence-corrected chi connectivity index (χ1v) is 14.8. The topological polar surface area (TPSA) is 102 Å². The Morgan fingerprint density at radius 2 is 1.83 bits per heavy atom. The van der Waals surface area contributed by atoms with Gasteiger partial charge in [-0.15, -0.1) is 11.3 Å².